The molecule has 138 valence electrons. The number of imide groups is 1. The molecule has 1 unspecified atom stereocenters. The second-order valence-electron chi connectivity index (χ2n) is 6.33. The highest BCUT2D eigenvalue weighted by Gasteiger charge is 2.37. The van der Waals surface area contributed by atoms with Crippen LogP contribution in [-0.2, 0) is 9.53 Å². The van der Waals surface area contributed by atoms with Gasteiger partial charge in [0.1, 0.15) is 12.6 Å². The molecule has 0 saturated carbocycles. The molecule has 4 rings (SSSR count). The Bertz CT molecular complexity index is 1100. The van der Waals surface area contributed by atoms with Crippen LogP contribution in [0.2, 0.25) is 0 Å². The van der Waals surface area contributed by atoms with Crippen LogP contribution < -0.4 is 0 Å². The van der Waals surface area contributed by atoms with E-state index in [2.05, 4.69) is 0 Å². The average Bonchev–Trinajstić information content (AvgIpc) is 3.01. The van der Waals surface area contributed by atoms with Gasteiger partial charge in [-0.05, 0) is 34.4 Å². The van der Waals surface area contributed by atoms with Crippen LogP contribution in [0.4, 0.5) is 4.79 Å². The summed E-state index contributed by atoms with van der Waals surface area (Å²) in [5.41, 5.74) is 3.33. The third kappa shape index (κ3) is 3.71. The van der Waals surface area contributed by atoms with Crippen molar-refractivity contribution in [1.29, 1.82) is 0 Å². The van der Waals surface area contributed by atoms with Crippen molar-refractivity contribution in [2.45, 2.75) is 6.04 Å². The van der Waals surface area contributed by atoms with Gasteiger partial charge in [-0.15, -0.1) is 0 Å². The van der Waals surface area contributed by atoms with Gasteiger partial charge in [0.05, 0.1) is 2.74 Å². The molecule has 1 atom stereocenters. The molecule has 0 N–H and O–H groups in total. The standard InChI is InChI=1S/C24H19NO3/c26-23(25-22(17-28-24(25)27)20-11-5-2-6-12-20)15-14-18-8-7-13-21(16-18)19-9-3-1-4-10-19/h1-16,22H,17H2/i17D2. The predicted octanol–water partition coefficient (Wildman–Crippen LogP) is 5.09. The Labute approximate surface area is 166 Å². The molecule has 3 aromatic rings. The van der Waals surface area contributed by atoms with Crippen molar-refractivity contribution in [2.24, 2.45) is 0 Å². The molecule has 28 heavy (non-hydrogen) atoms. The normalized spacial score (nSPS) is 19.2. The molecule has 1 fully saturated rings. The van der Waals surface area contributed by atoms with Crippen molar-refractivity contribution in [2.75, 3.05) is 6.56 Å². The van der Waals surface area contributed by atoms with Crippen LogP contribution >= 0.6 is 0 Å². The first kappa shape index (κ1) is 15.4. The third-order valence-electron chi connectivity index (χ3n) is 4.48. The molecule has 0 aromatic heterocycles. The van der Waals surface area contributed by atoms with Crippen molar-refractivity contribution in [1.82, 2.24) is 4.90 Å². The molecule has 4 heteroatoms. The predicted molar refractivity (Wildman–Crippen MR) is 108 cm³/mol. The number of carbonyl (C=O) groups is 2. The van der Waals surface area contributed by atoms with E-state index in [1.807, 2.05) is 54.6 Å². The van der Waals surface area contributed by atoms with Crippen LogP contribution in [-0.4, -0.2) is 23.5 Å². The quantitative estimate of drug-likeness (QED) is 0.600. The van der Waals surface area contributed by atoms with Gasteiger partial charge in [-0.2, -0.15) is 0 Å². The topological polar surface area (TPSA) is 46.6 Å². The second-order valence-corrected chi connectivity index (χ2v) is 6.33. The van der Waals surface area contributed by atoms with Gasteiger partial charge >= 0.3 is 6.09 Å². The summed E-state index contributed by atoms with van der Waals surface area (Å²) in [4.78, 5) is 25.9. The van der Waals surface area contributed by atoms with E-state index in [0.29, 0.717) is 5.56 Å². The summed E-state index contributed by atoms with van der Waals surface area (Å²) >= 11 is 0. The molecule has 1 aliphatic heterocycles. The zero-order chi connectivity index (χ0) is 21.1. The van der Waals surface area contributed by atoms with Gasteiger partial charge in [0.2, 0.25) is 0 Å². The molecule has 1 saturated heterocycles. The Kier molecular flexibility index (Phi) is 4.36. The summed E-state index contributed by atoms with van der Waals surface area (Å²) < 4.78 is 21.0. The van der Waals surface area contributed by atoms with Crippen LogP contribution in [0, 0.1) is 0 Å². The molecule has 1 aliphatic rings. The van der Waals surface area contributed by atoms with Gasteiger partial charge in [-0.25, -0.2) is 9.69 Å². The van der Waals surface area contributed by atoms with Crippen molar-refractivity contribution in [3.8, 4) is 11.1 Å². The molecule has 2 amide bonds. The Hall–Kier alpha value is -3.66. The van der Waals surface area contributed by atoms with Crippen LogP contribution in [0.15, 0.2) is 91.0 Å². The number of hydrogen-bond acceptors (Lipinski definition) is 3. The minimum atomic E-state index is -2.31. The fraction of sp³-hybridized carbons (Fsp3) is 0.0833. The summed E-state index contributed by atoms with van der Waals surface area (Å²) in [6, 6.07) is 24.9. The highest BCUT2D eigenvalue weighted by Crippen LogP contribution is 2.28. The zero-order valence-electron chi connectivity index (χ0n) is 17.0. The molecule has 4 nitrogen and oxygen atoms in total. The van der Waals surface area contributed by atoms with E-state index in [1.54, 1.807) is 36.4 Å². The van der Waals surface area contributed by atoms with Crippen LogP contribution in [0.25, 0.3) is 17.2 Å². The summed E-state index contributed by atoms with van der Waals surface area (Å²) in [5.74, 6) is -0.639. The Balaban J connectivity index is 1.60. The van der Waals surface area contributed by atoms with E-state index in [1.165, 1.54) is 6.08 Å². The van der Waals surface area contributed by atoms with Gasteiger partial charge in [-0.1, -0.05) is 78.9 Å². The molecule has 0 spiro atoms. The van der Waals surface area contributed by atoms with Crippen molar-refractivity contribution < 1.29 is 17.1 Å². The largest absolute Gasteiger partial charge is 0.446 e. The third-order valence-corrected chi connectivity index (χ3v) is 4.48. The van der Waals surface area contributed by atoms with E-state index in [-0.39, 0.29) is 0 Å². The summed E-state index contributed by atoms with van der Waals surface area (Å²) in [7, 11) is 0. The molecule has 0 radical (unpaired) electrons. The molecule has 0 aliphatic carbocycles. The highest BCUT2D eigenvalue weighted by atomic mass is 16.6. The maximum Gasteiger partial charge on any atom is 0.417 e. The van der Waals surface area contributed by atoms with E-state index in [4.69, 9.17) is 7.48 Å². The van der Waals surface area contributed by atoms with E-state index in [9.17, 15) is 9.59 Å². The zero-order valence-corrected chi connectivity index (χ0v) is 15.0. The maximum atomic E-state index is 12.8. The van der Waals surface area contributed by atoms with Crippen molar-refractivity contribution in [3.63, 3.8) is 0 Å². The maximum absolute atomic E-state index is 12.8. The van der Waals surface area contributed by atoms with E-state index in [0.717, 1.165) is 21.6 Å². The lowest BCUT2D eigenvalue weighted by molar-refractivity contribution is -0.124. The number of ether oxygens (including phenoxy) is 1. The van der Waals surface area contributed by atoms with Gasteiger partial charge in [0.15, 0.2) is 0 Å². The number of hydrogen-bond donors (Lipinski definition) is 0. The van der Waals surface area contributed by atoms with Crippen molar-refractivity contribution in [3.05, 3.63) is 102 Å². The van der Waals surface area contributed by atoms with E-state index >= 15 is 0 Å². The lowest BCUT2D eigenvalue weighted by Gasteiger charge is -2.18. The number of rotatable bonds is 4. The average molecular weight is 371 g/mol. The van der Waals surface area contributed by atoms with Crippen LogP contribution in [0.1, 0.15) is 19.9 Å². The Morgan fingerprint density at radius 1 is 0.964 bits per heavy atom. The first-order chi connectivity index (χ1) is 14.5. The number of amides is 2. The summed E-state index contributed by atoms with van der Waals surface area (Å²) in [6.07, 6.45) is 1.88. The fourth-order valence-corrected chi connectivity index (χ4v) is 3.08. The smallest absolute Gasteiger partial charge is 0.417 e. The SMILES string of the molecule is [2H]C1([2H])OC(=O)N(C(=O)C=Cc2cccc(-c3ccccc3)c2)C1c1ccccc1. The Morgan fingerprint density at radius 2 is 1.64 bits per heavy atom. The molecular weight excluding hydrogens is 350 g/mol. The monoisotopic (exact) mass is 371 g/mol. The number of cyclic esters (lactones) is 1. The van der Waals surface area contributed by atoms with Crippen LogP contribution in [0.5, 0.6) is 0 Å². The number of benzene rings is 3. The van der Waals surface area contributed by atoms with Gasteiger partial charge < -0.3 is 4.74 Å². The molecule has 0 bridgehead atoms. The number of nitrogens with zero attached hydrogens (tertiary/aromatic N) is 1. The van der Waals surface area contributed by atoms with Crippen molar-refractivity contribution >= 4 is 18.1 Å². The minimum Gasteiger partial charge on any atom is -0.446 e. The number of carbonyl (C=O) groups excluding carboxylic acids is 2. The van der Waals surface area contributed by atoms with Gasteiger partial charge in [0.25, 0.3) is 5.91 Å². The molecule has 1 heterocycles. The first-order valence-electron chi connectivity index (χ1n) is 9.90. The highest BCUT2D eigenvalue weighted by molar-refractivity contribution is 6.02. The first-order valence-corrected chi connectivity index (χ1v) is 8.90. The lowest BCUT2D eigenvalue weighted by Crippen LogP contribution is -2.32. The molecular formula is C24H19NO3. The van der Waals surface area contributed by atoms with Gasteiger partial charge in [0, 0.05) is 6.08 Å². The van der Waals surface area contributed by atoms with E-state index < -0.39 is 24.6 Å². The van der Waals surface area contributed by atoms with Crippen LogP contribution in [0.3, 0.4) is 0 Å². The molecule has 3 aromatic carbocycles. The second kappa shape index (κ2) is 7.92. The lowest BCUT2D eigenvalue weighted by atomic mass is 10.0. The summed E-state index contributed by atoms with van der Waals surface area (Å²) in [6.45, 7) is -2.31. The Morgan fingerprint density at radius 3 is 2.39 bits per heavy atom. The van der Waals surface area contributed by atoms with Gasteiger partial charge in [-0.3, -0.25) is 4.79 Å². The minimum absolute atomic E-state index is 0.487. The fourth-order valence-electron chi connectivity index (χ4n) is 3.08. The summed E-state index contributed by atoms with van der Waals surface area (Å²) in [5, 5.41) is 0.